The molecule has 0 aliphatic heterocycles. The molecule has 2 saturated carbocycles. The maximum atomic E-state index is 6.61. The van der Waals surface area contributed by atoms with Gasteiger partial charge in [-0.15, -0.1) is 0 Å². The van der Waals surface area contributed by atoms with E-state index in [9.17, 15) is 0 Å². The number of hydrogen-bond acceptors (Lipinski definition) is 3. The Morgan fingerprint density at radius 3 is 2.45 bits per heavy atom. The molecule has 2 bridgehead atoms. The number of fused-ring (bicyclic) bond motifs is 2. The zero-order valence-corrected chi connectivity index (χ0v) is 24.9. The molecule has 0 radical (unpaired) electrons. The molecule has 2 aromatic carbocycles. The second kappa shape index (κ2) is 12.3. The molecule has 5 unspecified atom stereocenters. The van der Waals surface area contributed by atoms with Gasteiger partial charge >= 0.3 is 0 Å². The van der Waals surface area contributed by atoms with Crippen molar-refractivity contribution in [3.05, 3.63) is 68.8 Å². The molecule has 0 amide bonds. The summed E-state index contributed by atoms with van der Waals surface area (Å²) in [5.74, 6) is 3.48. The first-order valence-corrected chi connectivity index (χ1v) is 15.2. The number of halogens is 3. The van der Waals surface area contributed by atoms with Crippen LogP contribution in [0.5, 0.6) is 0 Å². The molecule has 4 nitrogen and oxygen atoms in total. The summed E-state index contributed by atoms with van der Waals surface area (Å²) in [5.41, 5.74) is 4.99. The summed E-state index contributed by atoms with van der Waals surface area (Å²) in [4.78, 5) is 0. The van der Waals surface area contributed by atoms with E-state index < -0.39 is 0 Å². The van der Waals surface area contributed by atoms with Crippen molar-refractivity contribution in [3.8, 4) is 16.9 Å². The Morgan fingerprint density at radius 1 is 0.947 bits per heavy atom. The summed E-state index contributed by atoms with van der Waals surface area (Å²) >= 11 is 19.0. The molecule has 38 heavy (non-hydrogen) atoms. The average Bonchev–Trinajstić information content (AvgIpc) is 3.20. The van der Waals surface area contributed by atoms with Crippen molar-refractivity contribution in [1.82, 2.24) is 20.4 Å². The Hall–Kier alpha value is -1.56. The molecule has 2 N–H and O–H groups in total. The highest BCUT2D eigenvalue weighted by atomic mass is 35.5. The van der Waals surface area contributed by atoms with E-state index in [4.69, 9.17) is 39.9 Å². The van der Waals surface area contributed by atoms with Gasteiger partial charge in [0.25, 0.3) is 0 Å². The highest BCUT2D eigenvalue weighted by Gasteiger charge is 2.40. The van der Waals surface area contributed by atoms with Crippen LogP contribution in [0.2, 0.25) is 15.1 Å². The maximum absolute atomic E-state index is 6.61. The van der Waals surface area contributed by atoms with Crippen LogP contribution in [0.4, 0.5) is 0 Å². The number of benzene rings is 2. The first-order chi connectivity index (χ1) is 18.3. The second-order valence-electron chi connectivity index (χ2n) is 11.4. The average molecular weight is 574 g/mol. The molecular formula is C31H39Cl3N4. The van der Waals surface area contributed by atoms with Gasteiger partial charge in [0, 0.05) is 41.3 Å². The van der Waals surface area contributed by atoms with E-state index in [1.807, 2.05) is 41.1 Å². The van der Waals surface area contributed by atoms with Crippen LogP contribution in [-0.4, -0.2) is 28.9 Å². The molecule has 204 valence electrons. The van der Waals surface area contributed by atoms with E-state index in [2.05, 4.69) is 31.4 Å². The van der Waals surface area contributed by atoms with Crippen molar-refractivity contribution in [1.29, 1.82) is 0 Å². The molecule has 0 spiro atoms. The van der Waals surface area contributed by atoms with E-state index in [0.29, 0.717) is 27.7 Å². The van der Waals surface area contributed by atoms with Gasteiger partial charge in [-0.05, 0) is 92.2 Å². The Labute approximate surface area is 242 Å². The lowest BCUT2D eigenvalue weighted by molar-refractivity contribution is 0.0614. The number of hydrogen-bond donors (Lipinski definition) is 2. The van der Waals surface area contributed by atoms with Crippen LogP contribution < -0.4 is 10.6 Å². The van der Waals surface area contributed by atoms with E-state index in [1.54, 1.807) is 6.07 Å². The number of nitrogens with one attached hydrogen (secondary N) is 2. The quantitative estimate of drug-likeness (QED) is 0.253. The predicted octanol–water partition coefficient (Wildman–Crippen LogP) is 8.34. The fourth-order valence-corrected chi connectivity index (χ4v) is 7.63. The predicted molar refractivity (Wildman–Crippen MR) is 161 cm³/mol. The molecule has 0 saturated heterocycles. The fourth-order valence-electron chi connectivity index (χ4n) is 7.02. The molecule has 3 aromatic rings. The molecule has 2 aliphatic rings. The third-order valence-corrected chi connectivity index (χ3v) is 9.49. The van der Waals surface area contributed by atoms with Gasteiger partial charge in [0.2, 0.25) is 0 Å². The van der Waals surface area contributed by atoms with Gasteiger partial charge in [0.05, 0.1) is 22.1 Å². The third kappa shape index (κ3) is 6.10. The van der Waals surface area contributed by atoms with Crippen LogP contribution in [0.25, 0.3) is 16.9 Å². The van der Waals surface area contributed by atoms with Gasteiger partial charge in [0.15, 0.2) is 0 Å². The maximum Gasteiger partial charge on any atom is 0.0840 e. The third-order valence-electron chi connectivity index (χ3n) is 8.70. The SMILES string of the molecule is CCC1CC2CC(C)CC(C2)C1NCCNCc1nn(-c2ccc(Cl)cc2Cl)c(-c2ccc(Cl)cc2)c1C. The molecule has 2 aliphatic carbocycles. The lowest BCUT2D eigenvalue weighted by Gasteiger charge is -2.47. The monoisotopic (exact) mass is 572 g/mol. The lowest BCUT2D eigenvalue weighted by atomic mass is 9.62. The molecule has 5 atom stereocenters. The minimum atomic E-state index is 0.566. The molecule has 1 heterocycles. The van der Waals surface area contributed by atoms with Crippen molar-refractivity contribution < 1.29 is 0 Å². The van der Waals surface area contributed by atoms with Crippen LogP contribution in [0, 0.1) is 30.6 Å². The lowest BCUT2D eigenvalue weighted by Crippen LogP contribution is -2.50. The van der Waals surface area contributed by atoms with Gasteiger partial charge in [-0.1, -0.05) is 67.2 Å². The zero-order valence-electron chi connectivity index (χ0n) is 22.6. The zero-order chi connectivity index (χ0) is 26.8. The molecule has 7 heteroatoms. The van der Waals surface area contributed by atoms with Crippen molar-refractivity contribution in [3.63, 3.8) is 0 Å². The van der Waals surface area contributed by atoms with E-state index in [1.165, 1.54) is 32.1 Å². The van der Waals surface area contributed by atoms with Crippen molar-refractivity contribution >= 4 is 34.8 Å². The van der Waals surface area contributed by atoms with E-state index in [0.717, 1.165) is 65.0 Å². The van der Waals surface area contributed by atoms with Crippen molar-refractivity contribution in [2.75, 3.05) is 13.1 Å². The summed E-state index contributed by atoms with van der Waals surface area (Å²) in [6.45, 7) is 9.51. The minimum absolute atomic E-state index is 0.566. The summed E-state index contributed by atoms with van der Waals surface area (Å²) in [6, 6.07) is 14.1. The summed E-state index contributed by atoms with van der Waals surface area (Å²) < 4.78 is 1.93. The Bertz CT molecular complexity index is 1240. The van der Waals surface area contributed by atoms with Gasteiger partial charge < -0.3 is 10.6 Å². The number of rotatable bonds is 9. The standard InChI is InChI=1S/C31H39Cl3N4/c1-4-22-15-21-13-19(2)14-24(16-21)30(22)36-12-11-35-18-28-20(3)31(23-5-7-25(32)8-6-23)38(37-28)29-10-9-26(33)17-27(29)34/h5-10,17,19,21-22,24,30,35-36H,4,11-16,18H2,1-3H3. The number of aromatic nitrogens is 2. The molecule has 5 rings (SSSR count). The second-order valence-corrected chi connectivity index (χ2v) is 12.7. The van der Waals surface area contributed by atoms with E-state index in [-0.39, 0.29) is 0 Å². The highest BCUT2D eigenvalue weighted by molar-refractivity contribution is 6.35. The Kier molecular flexibility index (Phi) is 9.06. The van der Waals surface area contributed by atoms with Crippen molar-refractivity contribution in [2.24, 2.45) is 23.7 Å². The smallest absolute Gasteiger partial charge is 0.0840 e. The first kappa shape index (κ1) is 28.0. The molecule has 2 fully saturated rings. The van der Waals surface area contributed by atoms with Crippen LogP contribution in [0.3, 0.4) is 0 Å². The normalized spacial score (nSPS) is 25.1. The molecule has 1 aromatic heterocycles. The van der Waals surface area contributed by atoms with Gasteiger partial charge in [-0.2, -0.15) is 5.10 Å². The first-order valence-electron chi connectivity index (χ1n) is 14.1. The topological polar surface area (TPSA) is 41.9 Å². The summed E-state index contributed by atoms with van der Waals surface area (Å²) in [7, 11) is 0. The summed E-state index contributed by atoms with van der Waals surface area (Å²) in [6.07, 6.45) is 6.93. The van der Waals surface area contributed by atoms with Crippen molar-refractivity contribution in [2.45, 2.75) is 65.5 Å². The minimum Gasteiger partial charge on any atom is -0.312 e. The number of nitrogens with zero attached hydrogens (tertiary/aromatic N) is 2. The fraction of sp³-hybridized carbons (Fsp3) is 0.516. The van der Waals surface area contributed by atoms with Gasteiger partial charge in [-0.25, -0.2) is 4.68 Å². The molecular weight excluding hydrogens is 535 g/mol. The van der Waals surface area contributed by atoms with Crippen LogP contribution in [0.1, 0.15) is 57.2 Å². The Balaban J connectivity index is 1.28. The summed E-state index contributed by atoms with van der Waals surface area (Å²) in [5, 5.41) is 14.5. The highest BCUT2D eigenvalue weighted by Crippen LogP contribution is 2.45. The Morgan fingerprint density at radius 2 is 1.71 bits per heavy atom. The van der Waals surface area contributed by atoms with Crippen LogP contribution in [-0.2, 0) is 6.54 Å². The largest absolute Gasteiger partial charge is 0.312 e. The van der Waals surface area contributed by atoms with Gasteiger partial charge in [-0.3, -0.25) is 0 Å². The van der Waals surface area contributed by atoms with E-state index >= 15 is 0 Å². The van der Waals surface area contributed by atoms with Crippen LogP contribution >= 0.6 is 34.8 Å². The van der Waals surface area contributed by atoms with Gasteiger partial charge in [0.1, 0.15) is 0 Å². The van der Waals surface area contributed by atoms with Crippen LogP contribution in [0.15, 0.2) is 42.5 Å².